The molecule has 0 N–H and O–H groups in total. The number of para-hydroxylation sites is 1. The summed E-state index contributed by atoms with van der Waals surface area (Å²) >= 11 is 1.25. The van der Waals surface area contributed by atoms with E-state index in [2.05, 4.69) is 4.99 Å². The van der Waals surface area contributed by atoms with Crippen LogP contribution in [0.2, 0.25) is 0 Å². The van der Waals surface area contributed by atoms with Gasteiger partial charge in [-0.25, -0.2) is 9.79 Å². The molecule has 43 heavy (non-hydrogen) atoms. The Labute approximate surface area is 252 Å². The van der Waals surface area contributed by atoms with Crippen molar-refractivity contribution in [3.63, 3.8) is 0 Å². The molecule has 4 aromatic rings. The number of rotatable bonds is 11. The summed E-state index contributed by atoms with van der Waals surface area (Å²) in [6.45, 7) is 4.41. The fourth-order valence-electron chi connectivity index (χ4n) is 4.77. The van der Waals surface area contributed by atoms with Crippen LogP contribution in [0.3, 0.4) is 0 Å². The number of hydrogen-bond acceptors (Lipinski definition) is 9. The van der Waals surface area contributed by atoms with Crippen LogP contribution < -0.4 is 33.8 Å². The number of aromatic nitrogens is 1. The lowest BCUT2D eigenvalue weighted by Gasteiger charge is -2.24. The summed E-state index contributed by atoms with van der Waals surface area (Å²) in [5, 5.41) is 0. The number of ether oxygens (including phenoxy) is 5. The van der Waals surface area contributed by atoms with Crippen LogP contribution in [0.5, 0.6) is 23.0 Å². The smallest absolute Gasteiger partial charge is 0.338 e. The average molecular weight is 601 g/mol. The Hall–Kier alpha value is -4.83. The summed E-state index contributed by atoms with van der Waals surface area (Å²) in [5.41, 5.74) is 2.05. The molecular weight excluding hydrogens is 568 g/mol. The van der Waals surface area contributed by atoms with Crippen molar-refractivity contribution in [2.24, 2.45) is 4.99 Å². The molecule has 3 aromatic carbocycles. The van der Waals surface area contributed by atoms with E-state index in [1.165, 1.54) is 11.3 Å². The van der Waals surface area contributed by atoms with E-state index in [9.17, 15) is 9.59 Å². The summed E-state index contributed by atoms with van der Waals surface area (Å²) in [6.07, 6.45) is 1.78. The van der Waals surface area contributed by atoms with Gasteiger partial charge in [-0.1, -0.05) is 47.7 Å². The normalized spacial score (nSPS) is 14.5. The first-order valence-corrected chi connectivity index (χ1v) is 14.6. The third kappa shape index (κ3) is 6.49. The molecule has 2 heterocycles. The van der Waals surface area contributed by atoms with Crippen LogP contribution in [0.4, 0.5) is 0 Å². The highest BCUT2D eigenvalue weighted by Crippen LogP contribution is 2.32. The van der Waals surface area contributed by atoms with Crippen molar-refractivity contribution in [1.29, 1.82) is 0 Å². The van der Waals surface area contributed by atoms with Gasteiger partial charge < -0.3 is 23.7 Å². The molecular formula is C33H32N2O7S. The number of nitrogens with zero attached hydrogens (tertiary/aromatic N) is 2. The Kier molecular flexibility index (Phi) is 9.26. The average Bonchev–Trinajstić information content (AvgIpc) is 3.33. The Morgan fingerprint density at radius 3 is 2.37 bits per heavy atom. The highest BCUT2D eigenvalue weighted by Gasteiger charge is 2.33. The molecule has 1 aromatic heterocycles. The van der Waals surface area contributed by atoms with Crippen LogP contribution in [-0.2, 0) is 9.53 Å². The van der Waals surface area contributed by atoms with Crippen LogP contribution in [0.1, 0.15) is 31.0 Å². The minimum absolute atomic E-state index is 0.205. The zero-order valence-electron chi connectivity index (χ0n) is 24.4. The van der Waals surface area contributed by atoms with E-state index in [4.69, 9.17) is 23.7 Å². The number of allylic oxidation sites excluding steroid dienone is 1. The lowest BCUT2D eigenvalue weighted by molar-refractivity contribution is -0.139. The molecule has 222 valence electrons. The van der Waals surface area contributed by atoms with Gasteiger partial charge in [-0.05, 0) is 67.4 Å². The summed E-state index contributed by atoms with van der Waals surface area (Å²) in [4.78, 5) is 32.1. The fourth-order valence-corrected chi connectivity index (χ4v) is 5.81. The van der Waals surface area contributed by atoms with Gasteiger partial charge in [0.1, 0.15) is 24.7 Å². The Morgan fingerprint density at radius 2 is 1.67 bits per heavy atom. The van der Waals surface area contributed by atoms with Crippen molar-refractivity contribution in [2.45, 2.75) is 19.9 Å². The summed E-state index contributed by atoms with van der Waals surface area (Å²) in [6, 6.07) is 21.6. The van der Waals surface area contributed by atoms with E-state index in [1.54, 1.807) is 56.9 Å². The van der Waals surface area contributed by atoms with Gasteiger partial charge in [-0.3, -0.25) is 9.36 Å². The molecule has 1 aliphatic rings. The van der Waals surface area contributed by atoms with Gasteiger partial charge in [0.15, 0.2) is 16.3 Å². The number of fused-ring (bicyclic) bond motifs is 1. The van der Waals surface area contributed by atoms with Gasteiger partial charge in [0.2, 0.25) is 0 Å². The van der Waals surface area contributed by atoms with Crippen molar-refractivity contribution < 1.29 is 28.5 Å². The predicted octanol–water partition coefficient (Wildman–Crippen LogP) is 4.27. The highest BCUT2D eigenvalue weighted by molar-refractivity contribution is 7.07. The number of thiazole rings is 1. The van der Waals surface area contributed by atoms with Crippen molar-refractivity contribution in [3.05, 3.63) is 115 Å². The van der Waals surface area contributed by atoms with Gasteiger partial charge in [-0.15, -0.1) is 0 Å². The maximum absolute atomic E-state index is 13.9. The third-order valence-corrected chi connectivity index (χ3v) is 7.77. The maximum atomic E-state index is 13.9. The van der Waals surface area contributed by atoms with E-state index in [-0.39, 0.29) is 12.2 Å². The second kappa shape index (κ2) is 13.4. The minimum Gasteiger partial charge on any atom is -0.497 e. The first-order chi connectivity index (χ1) is 20.9. The Morgan fingerprint density at radius 1 is 0.930 bits per heavy atom. The monoisotopic (exact) mass is 600 g/mol. The second-order valence-electron chi connectivity index (χ2n) is 9.50. The lowest BCUT2D eigenvalue weighted by atomic mass is 9.96. The summed E-state index contributed by atoms with van der Waals surface area (Å²) in [5.74, 6) is 2.02. The van der Waals surface area contributed by atoms with Crippen LogP contribution >= 0.6 is 11.3 Å². The van der Waals surface area contributed by atoms with E-state index >= 15 is 0 Å². The van der Waals surface area contributed by atoms with Crippen LogP contribution in [0.15, 0.2) is 93.9 Å². The number of hydrogen-bond donors (Lipinski definition) is 0. The molecule has 0 fully saturated rings. The van der Waals surface area contributed by atoms with Crippen molar-refractivity contribution in [1.82, 2.24) is 4.57 Å². The predicted molar refractivity (Wildman–Crippen MR) is 164 cm³/mol. The van der Waals surface area contributed by atoms with Gasteiger partial charge in [0, 0.05) is 0 Å². The molecule has 0 spiro atoms. The molecule has 1 aliphatic heterocycles. The standard InChI is InChI=1S/C33H32N2O7S/c1-5-40-32(37)29-21(2)34-33-35(30(29)23-12-14-24(38-3)15-13-23)31(36)28(43-33)20-22-11-16-26(27(19-22)39-4)42-18-17-41-25-9-7-6-8-10-25/h6-16,19-20,30H,5,17-18H2,1-4H3/b28-20-/t30-/m0/s1. The number of carbonyl (C=O) groups excluding carboxylic acids is 1. The topological polar surface area (TPSA) is 97.6 Å². The number of carbonyl (C=O) groups is 1. The summed E-state index contributed by atoms with van der Waals surface area (Å²) in [7, 11) is 3.15. The SMILES string of the molecule is CCOC(=O)C1=C(C)N=c2s/c(=C\c3ccc(OCCOc4ccccc4)c(OC)c3)c(=O)n2[C@H]1c1ccc(OC)cc1. The number of esters is 1. The highest BCUT2D eigenvalue weighted by atomic mass is 32.1. The van der Waals surface area contributed by atoms with Crippen LogP contribution in [0, 0.1) is 0 Å². The summed E-state index contributed by atoms with van der Waals surface area (Å²) < 4.78 is 29.8. The molecule has 9 nitrogen and oxygen atoms in total. The van der Waals surface area contributed by atoms with Gasteiger partial charge in [-0.2, -0.15) is 0 Å². The van der Waals surface area contributed by atoms with E-state index < -0.39 is 12.0 Å². The molecule has 1 atom stereocenters. The Balaban J connectivity index is 1.46. The fraction of sp³-hybridized carbons (Fsp3) is 0.242. The first-order valence-electron chi connectivity index (χ1n) is 13.8. The third-order valence-electron chi connectivity index (χ3n) is 6.79. The molecule has 0 unspecified atom stereocenters. The zero-order valence-corrected chi connectivity index (χ0v) is 25.2. The molecule has 0 radical (unpaired) electrons. The van der Waals surface area contributed by atoms with Crippen molar-refractivity contribution >= 4 is 23.4 Å². The minimum atomic E-state index is -0.702. The number of methoxy groups -OCH3 is 2. The molecule has 10 heteroatoms. The molecule has 0 saturated carbocycles. The maximum Gasteiger partial charge on any atom is 0.338 e. The first kappa shape index (κ1) is 29.7. The van der Waals surface area contributed by atoms with Crippen molar-refractivity contribution in [2.75, 3.05) is 34.0 Å². The van der Waals surface area contributed by atoms with Gasteiger partial charge in [0.25, 0.3) is 5.56 Å². The second-order valence-corrected chi connectivity index (χ2v) is 10.5. The van der Waals surface area contributed by atoms with Gasteiger partial charge >= 0.3 is 5.97 Å². The molecule has 0 amide bonds. The Bertz CT molecular complexity index is 1810. The molecule has 0 bridgehead atoms. The van der Waals surface area contributed by atoms with E-state index in [0.29, 0.717) is 51.1 Å². The van der Waals surface area contributed by atoms with E-state index in [1.807, 2.05) is 54.6 Å². The molecule has 5 rings (SSSR count). The molecule has 0 aliphatic carbocycles. The van der Waals surface area contributed by atoms with Crippen molar-refractivity contribution in [3.8, 4) is 23.0 Å². The largest absolute Gasteiger partial charge is 0.497 e. The molecule has 0 saturated heterocycles. The lowest BCUT2D eigenvalue weighted by Crippen LogP contribution is -2.39. The van der Waals surface area contributed by atoms with E-state index in [0.717, 1.165) is 16.9 Å². The van der Waals surface area contributed by atoms with Crippen LogP contribution in [-0.4, -0.2) is 44.6 Å². The zero-order chi connectivity index (χ0) is 30.3. The quantitative estimate of drug-likeness (QED) is 0.187. The number of benzene rings is 3. The van der Waals surface area contributed by atoms with Crippen LogP contribution in [0.25, 0.3) is 6.08 Å². The van der Waals surface area contributed by atoms with Gasteiger partial charge in [0.05, 0.1) is 42.7 Å².